The van der Waals surface area contributed by atoms with E-state index in [1.54, 1.807) is 0 Å². The average Bonchev–Trinajstić information content (AvgIpc) is 3.09. The van der Waals surface area contributed by atoms with Crippen molar-refractivity contribution in [1.82, 2.24) is 0 Å². The third kappa shape index (κ3) is 3.73. The van der Waals surface area contributed by atoms with Gasteiger partial charge in [0.1, 0.15) is 0 Å². The molecule has 2 aliphatic rings. The lowest BCUT2D eigenvalue weighted by molar-refractivity contribution is 0.223. The maximum atomic E-state index is 2.34. The Kier molecular flexibility index (Phi) is 3.71. The highest BCUT2D eigenvalue weighted by molar-refractivity contribution is 5.44. The van der Waals surface area contributed by atoms with E-state index in [0.29, 0.717) is 5.41 Å². The van der Waals surface area contributed by atoms with Crippen molar-refractivity contribution >= 4 is 0 Å². The van der Waals surface area contributed by atoms with Gasteiger partial charge in [-0.3, -0.25) is 0 Å². The van der Waals surface area contributed by atoms with E-state index in [0.717, 1.165) is 5.92 Å². The van der Waals surface area contributed by atoms with Crippen molar-refractivity contribution in [3.05, 3.63) is 47.5 Å². The van der Waals surface area contributed by atoms with Crippen LogP contribution in [0, 0.1) is 11.3 Å². The van der Waals surface area contributed by atoms with Crippen LogP contribution in [0.1, 0.15) is 51.2 Å². The van der Waals surface area contributed by atoms with E-state index in [9.17, 15) is 0 Å². The summed E-state index contributed by atoms with van der Waals surface area (Å²) in [6.07, 6.45) is 9.86. The molecule has 1 unspecified atom stereocenters. The van der Waals surface area contributed by atoms with Crippen LogP contribution >= 0.6 is 0 Å². The third-order valence-corrected chi connectivity index (χ3v) is 3.87. The van der Waals surface area contributed by atoms with E-state index < -0.39 is 0 Å². The molecule has 92 valence electrons. The number of rotatable bonds is 0. The molecule has 0 nitrogen and oxygen atoms in total. The Morgan fingerprint density at radius 2 is 1.65 bits per heavy atom. The van der Waals surface area contributed by atoms with Crippen molar-refractivity contribution in [3.8, 4) is 0 Å². The molecule has 0 saturated heterocycles. The second kappa shape index (κ2) is 5.08. The molecule has 1 atom stereocenters. The Hall–Kier alpha value is -1.04. The maximum absolute atomic E-state index is 2.34. The van der Waals surface area contributed by atoms with Gasteiger partial charge in [0.05, 0.1) is 0 Å². The highest BCUT2D eigenvalue weighted by atomic mass is 14.3. The summed E-state index contributed by atoms with van der Waals surface area (Å²) in [6, 6.07) is 8.53. The van der Waals surface area contributed by atoms with Gasteiger partial charge in [0.15, 0.2) is 0 Å². The molecule has 2 aliphatic carbocycles. The molecule has 1 aromatic carbocycles. The summed E-state index contributed by atoms with van der Waals surface area (Å²) in [7, 11) is 0. The van der Waals surface area contributed by atoms with Crippen molar-refractivity contribution in [2.75, 3.05) is 0 Å². The molecule has 0 bridgehead atoms. The van der Waals surface area contributed by atoms with Crippen LogP contribution in [0.5, 0.6) is 0 Å². The van der Waals surface area contributed by atoms with Gasteiger partial charge in [-0.15, -0.1) is 0 Å². The Morgan fingerprint density at radius 1 is 1.00 bits per heavy atom. The van der Waals surface area contributed by atoms with Gasteiger partial charge in [0.2, 0.25) is 0 Å². The minimum Gasteiger partial charge on any atom is -0.0885 e. The van der Waals surface area contributed by atoms with Crippen LogP contribution in [0.4, 0.5) is 0 Å². The van der Waals surface area contributed by atoms with Gasteiger partial charge in [0.25, 0.3) is 0 Å². The molecule has 0 heteroatoms. The zero-order valence-electron chi connectivity index (χ0n) is 11.4. The largest absolute Gasteiger partial charge is 0.0885 e. The summed E-state index contributed by atoms with van der Waals surface area (Å²) in [4.78, 5) is 0. The predicted molar refractivity (Wildman–Crippen MR) is 75.2 cm³/mol. The number of benzene rings is 1. The van der Waals surface area contributed by atoms with Gasteiger partial charge in [-0.1, -0.05) is 57.2 Å². The number of hydrogen-bond acceptors (Lipinski definition) is 0. The molecule has 3 rings (SSSR count). The first-order valence-electron chi connectivity index (χ1n) is 6.79. The number of fused-ring (bicyclic) bond motifs is 1. The lowest BCUT2D eigenvalue weighted by Gasteiger charge is -2.31. The van der Waals surface area contributed by atoms with Crippen LogP contribution < -0.4 is 0 Å². The van der Waals surface area contributed by atoms with Crippen LogP contribution in [-0.2, 0) is 6.42 Å². The van der Waals surface area contributed by atoms with Crippen LogP contribution in [0.2, 0.25) is 0 Å². The lowest BCUT2D eigenvalue weighted by atomic mass is 9.74. The second-order valence-electron chi connectivity index (χ2n) is 6.29. The second-order valence-corrected chi connectivity index (χ2v) is 6.29. The van der Waals surface area contributed by atoms with Gasteiger partial charge in [-0.25, -0.2) is 0 Å². The molecule has 1 aromatic rings. The molecular formula is C17H24. The Bertz CT molecular complexity index is 372. The normalized spacial score (nSPS) is 21.2. The quantitative estimate of drug-likeness (QED) is 0.558. The minimum atomic E-state index is 0.519. The number of hydrogen-bond donors (Lipinski definition) is 0. The summed E-state index contributed by atoms with van der Waals surface area (Å²) >= 11 is 0. The van der Waals surface area contributed by atoms with Crippen molar-refractivity contribution in [2.24, 2.45) is 11.3 Å². The molecular weight excluding hydrogens is 204 g/mol. The Labute approximate surface area is 106 Å². The van der Waals surface area contributed by atoms with E-state index in [-0.39, 0.29) is 0 Å². The third-order valence-electron chi connectivity index (χ3n) is 3.87. The van der Waals surface area contributed by atoms with Crippen molar-refractivity contribution < 1.29 is 0 Å². The van der Waals surface area contributed by atoms with E-state index in [1.807, 2.05) is 0 Å². The summed E-state index contributed by atoms with van der Waals surface area (Å²) < 4.78 is 0. The van der Waals surface area contributed by atoms with E-state index in [2.05, 4.69) is 57.2 Å². The predicted octanol–water partition coefficient (Wildman–Crippen LogP) is 4.98. The summed E-state index contributed by atoms with van der Waals surface area (Å²) in [5.41, 5.74) is 3.58. The minimum absolute atomic E-state index is 0.519. The van der Waals surface area contributed by atoms with Crippen LogP contribution in [0.3, 0.4) is 0 Å². The Balaban J connectivity index is 0.000000134. The molecule has 0 radical (unpaired) electrons. The van der Waals surface area contributed by atoms with Crippen molar-refractivity contribution in [2.45, 2.75) is 46.5 Å². The summed E-state index contributed by atoms with van der Waals surface area (Å²) in [5.74, 6) is 0.914. The standard InChI is InChI=1S/C10H18.C7H6/c1-10(2,3)9-7-5-4-6-8-9;1-2-4-7-5-6(7)3-1/h4-5,9H,6-8H2,1-3H3;1-4H,5H2. The molecule has 0 aliphatic heterocycles. The molecule has 17 heavy (non-hydrogen) atoms. The number of allylic oxidation sites excluding steroid dienone is 2. The van der Waals surface area contributed by atoms with Gasteiger partial charge in [-0.05, 0) is 48.1 Å². The van der Waals surface area contributed by atoms with Crippen LogP contribution in [0.15, 0.2) is 36.4 Å². The molecule has 0 amide bonds. The average molecular weight is 228 g/mol. The van der Waals surface area contributed by atoms with E-state index in [4.69, 9.17) is 0 Å². The fourth-order valence-corrected chi connectivity index (χ4v) is 2.42. The molecule has 0 N–H and O–H groups in total. The lowest BCUT2D eigenvalue weighted by Crippen LogP contribution is -2.20. The van der Waals surface area contributed by atoms with Crippen LogP contribution in [0.25, 0.3) is 0 Å². The van der Waals surface area contributed by atoms with E-state index in [1.165, 1.54) is 36.8 Å². The highest BCUT2D eigenvalue weighted by Gasteiger charge is 2.23. The van der Waals surface area contributed by atoms with Gasteiger partial charge in [0, 0.05) is 0 Å². The SMILES string of the molecule is CC(C)(C)C1CC=CCC1.c1ccc2c(c1)C2. The smallest absolute Gasteiger partial charge is 0.00201 e. The molecule has 0 aromatic heterocycles. The molecule has 0 fully saturated rings. The molecule has 0 saturated carbocycles. The Morgan fingerprint density at radius 3 is 2.00 bits per heavy atom. The zero-order valence-corrected chi connectivity index (χ0v) is 11.4. The highest BCUT2D eigenvalue weighted by Crippen LogP contribution is 2.34. The van der Waals surface area contributed by atoms with Gasteiger partial charge in [-0.2, -0.15) is 0 Å². The first-order valence-corrected chi connectivity index (χ1v) is 6.79. The van der Waals surface area contributed by atoms with Gasteiger partial charge < -0.3 is 0 Å². The molecule has 0 heterocycles. The van der Waals surface area contributed by atoms with E-state index >= 15 is 0 Å². The first kappa shape index (κ1) is 12.4. The van der Waals surface area contributed by atoms with Crippen molar-refractivity contribution in [1.29, 1.82) is 0 Å². The molecule has 0 spiro atoms. The van der Waals surface area contributed by atoms with Crippen molar-refractivity contribution in [3.63, 3.8) is 0 Å². The zero-order chi connectivity index (χ0) is 12.3. The maximum Gasteiger partial charge on any atom is -0.00201 e. The monoisotopic (exact) mass is 228 g/mol. The first-order chi connectivity index (χ1) is 8.07. The van der Waals surface area contributed by atoms with Crippen LogP contribution in [-0.4, -0.2) is 0 Å². The fraction of sp³-hybridized carbons (Fsp3) is 0.529. The fourth-order valence-electron chi connectivity index (χ4n) is 2.42. The topological polar surface area (TPSA) is 0 Å². The summed E-state index contributed by atoms with van der Waals surface area (Å²) in [5, 5.41) is 0. The summed E-state index contributed by atoms with van der Waals surface area (Å²) in [6.45, 7) is 7.03. The van der Waals surface area contributed by atoms with Gasteiger partial charge >= 0.3 is 0 Å².